The van der Waals surface area contributed by atoms with Gasteiger partial charge in [-0.3, -0.25) is 0 Å². The molecule has 2 aromatic rings. The fourth-order valence-corrected chi connectivity index (χ4v) is 2.01. The van der Waals surface area contributed by atoms with Gasteiger partial charge in [0.15, 0.2) is 5.84 Å². The predicted molar refractivity (Wildman–Crippen MR) is 85.3 cm³/mol. The lowest BCUT2D eigenvalue weighted by Gasteiger charge is -2.06. The van der Waals surface area contributed by atoms with E-state index in [1.165, 1.54) is 13.2 Å². The Balaban J connectivity index is 2.19. The number of halogens is 1. The number of nitrogens with zero attached hydrogens (tertiary/aromatic N) is 1. The van der Waals surface area contributed by atoms with Crippen LogP contribution in [0.3, 0.4) is 0 Å². The average molecular weight is 319 g/mol. The molecular weight excluding hydrogens is 304 g/mol. The van der Waals surface area contributed by atoms with Crippen LogP contribution in [0.2, 0.25) is 5.02 Å². The van der Waals surface area contributed by atoms with Gasteiger partial charge >= 0.3 is 5.97 Å². The van der Waals surface area contributed by atoms with E-state index >= 15 is 0 Å². The van der Waals surface area contributed by atoms with E-state index < -0.39 is 5.97 Å². The van der Waals surface area contributed by atoms with Gasteiger partial charge in [0, 0.05) is 10.6 Å². The summed E-state index contributed by atoms with van der Waals surface area (Å²) in [4.78, 5) is 16.9. The lowest BCUT2D eigenvalue weighted by atomic mass is 10.1. The number of hydrogen-bond acceptors (Lipinski definition) is 4. The SMILES string of the molecule is COc1ccc(Cl)cc1C(=O)O/N=C(\N)c1cccc(C)c1. The first-order valence-electron chi connectivity index (χ1n) is 6.46. The Morgan fingerprint density at radius 1 is 1.23 bits per heavy atom. The van der Waals surface area contributed by atoms with E-state index in [2.05, 4.69) is 5.16 Å². The van der Waals surface area contributed by atoms with Crippen molar-refractivity contribution in [3.8, 4) is 5.75 Å². The van der Waals surface area contributed by atoms with Crippen molar-refractivity contribution in [2.24, 2.45) is 10.9 Å². The fourth-order valence-electron chi connectivity index (χ4n) is 1.84. The van der Waals surface area contributed by atoms with Crippen molar-refractivity contribution < 1.29 is 14.4 Å². The lowest BCUT2D eigenvalue weighted by molar-refractivity contribution is 0.0512. The molecule has 5 nitrogen and oxygen atoms in total. The molecule has 0 bridgehead atoms. The van der Waals surface area contributed by atoms with Gasteiger partial charge in [0.2, 0.25) is 0 Å². The fraction of sp³-hybridized carbons (Fsp3) is 0.125. The van der Waals surface area contributed by atoms with E-state index in [-0.39, 0.29) is 11.4 Å². The molecule has 6 heteroatoms. The maximum atomic E-state index is 12.1. The maximum Gasteiger partial charge on any atom is 0.369 e. The first kappa shape index (κ1) is 15.9. The molecule has 0 aromatic heterocycles. The van der Waals surface area contributed by atoms with Crippen LogP contribution in [0.15, 0.2) is 47.6 Å². The average Bonchev–Trinajstić information content (AvgIpc) is 2.52. The highest BCUT2D eigenvalue weighted by molar-refractivity contribution is 6.31. The van der Waals surface area contributed by atoms with Crippen molar-refractivity contribution in [2.75, 3.05) is 7.11 Å². The molecule has 114 valence electrons. The van der Waals surface area contributed by atoms with Gasteiger partial charge in [-0.25, -0.2) is 4.79 Å². The van der Waals surface area contributed by atoms with Gasteiger partial charge in [-0.2, -0.15) is 0 Å². The molecule has 0 aliphatic heterocycles. The summed E-state index contributed by atoms with van der Waals surface area (Å²) in [5.74, 6) is -0.244. The maximum absolute atomic E-state index is 12.1. The molecule has 2 N–H and O–H groups in total. The number of nitrogens with two attached hydrogens (primary N) is 1. The number of aryl methyl sites for hydroxylation is 1. The molecule has 0 heterocycles. The highest BCUT2D eigenvalue weighted by Crippen LogP contribution is 2.23. The van der Waals surface area contributed by atoms with Gasteiger partial charge in [-0.15, -0.1) is 0 Å². The second-order valence-corrected chi connectivity index (χ2v) is 5.01. The Morgan fingerprint density at radius 3 is 2.68 bits per heavy atom. The Kier molecular flexibility index (Phi) is 5.01. The summed E-state index contributed by atoms with van der Waals surface area (Å²) in [6.07, 6.45) is 0. The normalized spacial score (nSPS) is 11.1. The third-order valence-electron chi connectivity index (χ3n) is 2.92. The Bertz CT molecular complexity index is 729. The number of methoxy groups -OCH3 is 1. The number of carbonyl (C=O) groups excluding carboxylic acids is 1. The summed E-state index contributed by atoms with van der Waals surface area (Å²) < 4.78 is 5.09. The Labute approximate surface area is 133 Å². The van der Waals surface area contributed by atoms with Gasteiger partial charge in [0.25, 0.3) is 0 Å². The van der Waals surface area contributed by atoms with Crippen LogP contribution in [-0.4, -0.2) is 18.9 Å². The molecule has 0 radical (unpaired) electrons. The third kappa shape index (κ3) is 3.77. The van der Waals surface area contributed by atoms with E-state index in [0.29, 0.717) is 16.3 Å². The van der Waals surface area contributed by atoms with Crippen molar-refractivity contribution in [1.82, 2.24) is 0 Å². The number of hydrogen-bond donors (Lipinski definition) is 1. The molecule has 0 aliphatic rings. The summed E-state index contributed by atoms with van der Waals surface area (Å²) in [7, 11) is 1.45. The van der Waals surface area contributed by atoms with E-state index in [1.54, 1.807) is 18.2 Å². The summed E-state index contributed by atoms with van der Waals surface area (Å²) >= 11 is 5.87. The molecule has 0 aliphatic carbocycles. The molecule has 0 saturated heterocycles. The zero-order valence-corrected chi connectivity index (χ0v) is 12.9. The largest absolute Gasteiger partial charge is 0.496 e. The zero-order chi connectivity index (χ0) is 16.1. The van der Waals surface area contributed by atoms with E-state index in [4.69, 9.17) is 26.9 Å². The standard InChI is InChI=1S/C16H15ClN2O3/c1-10-4-3-5-11(8-10)15(18)19-22-16(20)13-9-12(17)6-7-14(13)21-2/h3-9H,1-2H3,(H2,18,19). The predicted octanol–water partition coefficient (Wildman–Crippen LogP) is 3.13. The van der Waals surface area contributed by atoms with Crippen molar-refractivity contribution in [3.05, 3.63) is 64.2 Å². The van der Waals surface area contributed by atoms with Crippen LogP contribution in [-0.2, 0) is 4.84 Å². The summed E-state index contributed by atoms with van der Waals surface area (Å²) in [5.41, 5.74) is 7.68. The van der Waals surface area contributed by atoms with Crippen LogP contribution in [0.4, 0.5) is 0 Å². The first-order chi connectivity index (χ1) is 10.5. The van der Waals surface area contributed by atoms with Crippen LogP contribution in [0, 0.1) is 6.92 Å². The lowest BCUT2D eigenvalue weighted by Crippen LogP contribution is -2.15. The number of carbonyl (C=O) groups is 1. The molecule has 0 unspecified atom stereocenters. The van der Waals surface area contributed by atoms with E-state index in [9.17, 15) is 4.79 Å². The highest BCUT2D eigenvalue weighted by Gasteiger charge is 2.15. The smallest absolute Gasteiger partial charge is 0.369 e. The van der Waals surface area contributed by atoms with Crippen LogP contribution in [0.25, 0.3) is 0 Å². The number of benzene rings is 2. The minimum Gasteiger partial charge on any atom is -0.496 e. The highest BCUT2D eigenvalue weighted by atomic mass is 35.5. The molecular formula is C16H15ClN2O3. The number of rotatable bonds is 4. The summed E-state index contributed by atoms with van der Waals surface area (Å²) in [5, 5.41) is 4.06. The van der Waals surface area contributed by atoms with Crippen molar-refractivity contribution >= 4 is 23.4 Å². The molecule has 0 saturated carbocycles. The molecule has 2 aromatic carbocycles. The molecule has 22 heavy (non-hydrogen) atoms. The minimum atomic E-state index is -0.699. The van der Waals surface area contributed by atoms with Gasteiger partial charge in [-0.1, -0.05) is 40.5 Å². The van der Waals surface area contributed by atoms with Gasteiger partial charge in [-0.05, 0) is 31.2 Å². The number of ether oxygens (including phenoxy) is 1. The quantitative estimate of drug-likeness (QED) is 0.407. The minimum absolute atomic E-state index is 0.109. The van der Waals surface area contributed by atoms with Crippen molar-refractivity contribution in [3.63, 3.8) is 0 Å². The number of oxime groups is 1. The second-order valence-electron chi connectivity index (χ2n) is 4.57. The monoisotopic (exact) mass is 318 g/mol. The van der Waals surface area contributed by atoms with Crippen molar-refractivity contribution in [2.45, 2.75) is 6.92 Å². The van der Waals surface area contributed by atoms with E-state index in [1.807, 2.05) is 25.1 Å². The molecule has 0 spiro atoms. The first-order valence-corrected chi connectivity index (χ1v) is 6.84. The van der Waals surface area contributed by atoms with Gasteiger partial charge in [0.05, 0.1) is 7.11 Å². The zero-order valence-electron chi connectivity index (χ0n) is 12.2. The van der Waals surface area contributed by atoms with Crippen LogP contribution >= 0.6 is 11.6 Å². The third-order valence-corrected chi connectivity index (χ3v) is 3.16. The van der Waals surface area contributed by atoms with Crippen LogP contribution < -0.4 is 10.5 Å². The molecule has 0 amide bonds. The van der Waals surface area contributed by atoms with Gasteiger partial charge in [0.1, 0.15) is 11.3 Å². The molecule has 0 fully saturated rings. The summed E-state index contributed by atoms with van der Waals surface area (Å²) in [6.45, 7) is 1.93. The van der Waals surface area contributed by atoms with Crippen LogP contribution in [0.1, 0.15) is 21.5 Å². The Hall–Kier alpha value is -2.53. The molecule has 0 atom stereocenters. The van der Waals surface area contributed by atoms with E-state index in [0.717, 1.165) is 5.56 Å². The topological polar surface area (TPSA) is 73.9 Å². The van der Waals surface area contributed by atoms with Crippen molar-refractivity contribution in [1.29, 1.82) is 0 Å². The van der Waals surface area contributed by atoms with Crippen LogP contribution in [0.5, 0.6) is 5.75 Å². The Morgan fingerprint density at radius 2 is 2.00 bits per heavy atom. The summed E-state index contributed by atoms with van der Waals surface area (Å²) in [6, 6.07) is 12.0. The van der Waals surface area contributed by atoms with Gasteiger partial charge < -0.3 is 15.3 Å². The second kappa shape index (κ2) is 6.95. The number of amidine groups is 1. The molecule has 2 rings (SSSR count).